The lowest BCUT2D eigenvalue weighted by Crippen LogP contribution is -2.45. The van der Waals surface area contributed by atoms with Crippen molar-refractivity contribution in [3.8, 4) is 0 Å². The summed E-state index contributed by atoms with van der Waals surface area (Å²) < 4.78 is 31.6. The molecule has 0 unspecified atom stereocenters. The molecule has 0 fully saturated rings. The third kappa shape index (κ3) is 4.50. The lowest BCUT2D eigenvalue weighted by atomic mass is 10.1. The quantitative estimate of drug-likeness (QED) is 0.460. The van der Waals surface area contributed by atoms with E-state index in [-0.39, 0.29) is 23.1 Å². The zero-order valence-corrected chi connectivity index (χ0v) is 13.3. The van der Waals surface area contributed by atoms with Crippen LogP contribution in [-0.4, -0.2) is 32.0 Å². The topological polar surface area (TPSA) is 116 Å². The molecule has 0 heterocycles. The van der Waals surface area contributed by atoms with Gasteiger partial charge in [-0.3, -0.25) is 14.9 Å². The van der Waals surface area contributed by atoms with Gasteiger partial charge in [-0.1, -0.05) is 13.8 Å². The van der Waals surface area contributed by atoms with Crippen LogP contribution in [0.25, 0.3) is 0 Å². The van der Waals surface area contributed by atoms with E-state index in [4.69, 9.17) is 4.74 Å². The average molecular weight is 330 g/mol. The molecule has 1 rings (SSSR count). The standard InChI is InChI=1S/C13H18N2O6S/c1-4-21-13(16)12(9(2)3)14-22(19,20)11-7-5-10(6-8-11)15(17)18/h5-9,12,14H,4H2,1-3H3/t12-/m1/s1. The van der Waals surface area contributed by atoms with E-state index >= 15 is 0 Å². The van der Waals surface area contributed by atoms with E-state index in [2.05, 4.69) is 4.72 Å². The number of carbonyl (C=O) groups is 1. The molecule has 0 aromatic heterocycles. The van der Waals surface area contributed by atoms with Gasteiger partial charge in [0, 0.05) is 12.1 Å². The molecule has 0 saturated heterocycles. The molecule has 0 aliphatic rings. The molecule has 0 saturated carbocycles. The second kappa shape index (κ2) is 7.32. The highest BCUT2D eigenvalue weighted by molar-refractivity contribution is 7.89. The Labute approximate surface area is 128 Å². The number of nitro benzene ring substituents is 1. The minimum Gasteiger partial charge on any atom is -0.465 e. The van der Waals surface area contributed by atoms with Crippen LogP contribution in [0.2, 0.25) is 0 Å². The monoisotopic (exact) mass is 330 g/mol. The highest BCUT2D eigenvalue weighted by Crippen LogP contribution is 2.17. The molecule has 0 aliphatic heterocycles. The van der Waals surface area contributed by atoms with Crippen molar-refractivity contribution >= 4 is 21.7 Å². The van der Waals surface area contributed by atoms with Gasteiger partial charge in [-0.2, -0.15) is 4.72 Å². The van der Waals surface area contributed by atoms with Gasteiger partial charge in [0.25, 0.3) is 5.69 Å². The lowest BCUT2D eigenvalue weighted by molar-refractivity contribution is -0.384. The summed E-state index contributed by atoms with van der Waals surface area (Å²) in [6, 6.07) is 3.37. The van der Waals surface area contributed by atoms with Crippen LogP contribution >= 0.6 is 0 Å². The molecule has 122 valence electrons. The van der Waals surface area contributed by atoms with Crippen molar-refractivity contribution < 1.29 is 22.9 Å². The normalized spacial score (nSPS) is 12.9. The third-order valence-corrected chi connectivity index (χ3v) is 4.30. The average Bonchev–Trinajstić information content (AvgIpc) is 2.44. The summed E-state index contributed by atoms with van der Waals surface area (Å²) in [5, 5.41) is 10.6. The molecule has 0 aliphatic carbocycles. The van der Waals surface area contributed by atoms with E-state index < -0.39 is 27.0 Å². The van der Waals surface area contributed by atoms with Crippen LogP contribution in [0.15, 0.2) is 29.2 Å². The summed E-state index contributed by atoms with van der Waals surface area (Å²) in [5.41, 5.74) is -0.218. The van der Waals surface area contributed by atoms with E-state index in [1.807, 2.05) is 0 Å². The Kier molecular flexibility index (Phi) is 6.01. The minimum atomic E-state index is -3.98. The van der Waals surface area contributed by atoms with Gasteiger partial charge < -0.3 is 4.74 Å². The van der Waals surface area contributed by atoms with E-state index in [1.165, 1.54) is 0 Å². The van der Waals surface area contributed by atoms with Crippen LogP contribution in [0.4, 0.5) is 5.69 Å². The van der Waals surface area contributed by atoms with Crippen LogP contribution in [-0.2, 0) is 19.6 Å². The van der Waals surface area contributed by atoms with Crippen molar-refractivity contribution in [3.63, 3.8) is 0 Å². The zero-order valence-electron chi connectivity index (χ0n) is 12.5. The van der Waals surface area contributed by atoms with Crippen LogP contribution in [0, 0.1) is 16.0 Å². The molecule has 1 N–H and O–H groups in total. The van der Waals surface area contributed by atoms with Gasteiger partial charge in [0.15, 0.2) is 0 Å². The predicted molar refractivity (Wildman–Crippen MR) is 78.7 cm³/mol. The Morgan fingerprint density at radius 1 is 1.32 bits per heavy atom. The number of benzene rings is 1. The zero-order chi connectivity index (χ0) is 16.9. The van der Waals surface area contributed by atoms with Crippen molar-refractivity contribution in [1.29, 1.82) is 0 Å². The Morgan fingerprint density at radius 2 is 1.86 bits per heavy atom. The Bertz CT molecular complexity index is 639. The first-order valence-corrected chi connectivity index (χ1v) is 8.10. The van der Waals surface area contributed by atoms with Gasteiger partial charge in [0.05, 0.1) is 16.4 Å². The Hall–Kier alpha value is -2.00. The highest BCUT2D eigenvalue weighted by Gasteiger charge is 2.29. The maximum absolute atomic E-state index is 12.2. The Balaban J connectivity index is 3.01. The number of rotatable bonds is 7. The van der Waals surface area contributed by atoms with Crippen molar-refractivity contribution in [3.05, 3.63) is 34.4 Å². The summed E-state index contributed by atoms with van der Waals surface area (Å²) >= 11 is 0. The first-order chi connectivity index (χ1) is 10.2. The molecule has 22 heavy (non-hydrogen) atoms. The SMILES string of the molecule is CCOC(=O)[C@H](NS(=O)(=O)c1ccc([N+](=O)[O-])cc1)C(C)C. The lowest BCUT2D eigenvalue weighted by Gasteiger charge is -2.20. The first kappa shape index (κ1) is 18.1. The molecule has 0 bridgehead atoms. The fraction of sp³-hybridized carbons (Fsp3) is 0.462. The van der Waals surface area contributed by atoms with Gasteiger partial charge in [-0.15, -0.1) is 0 Å². The number of esters is 1. The fourth-order valence-corrected chi connectivity index (χ4v) is 3.00. The molecule has 0 spiro atoms. The number of non-ortho nitro benzene ring substituents is 1. The van der Waals surface area contributed by atoms with Crippen LogP contribution in [0.1, 0.15) is 20.8 Å². The summed E-state index contributed by atoms with van der Waals surface area (Å²) in [6.45, 7) is 5.13. The van der Waals surface area contributed by atoms with Crippen LogP contribution in [0.5, 0.6) is 0 Å². The number of nitrogens with zero attached hydrogens (tertiary/aromatic N) is 1. The molecule has 1 atom stereocenters. The summed E-state index contributed by atoms with van der Waals surface area (Å²) in [4.78, 5) is 21.6. The number of hydrogen-bond donors (Lipinski definition) is 1. The van der Waals surface area contributed by atoms with E-state index in [9.17, 15) is 23.3 Å². The van der Waals surface area contributed by atoms with Crippen molar-refractivity contribution in [1.82, 2.24) is 4.72 Å². The predicted octanol–water partition coefficient (Wildman–Crippen LogP) is 1.46. The van der Waals surface area contributed by atoms with Crippen molar-refractivity contribution in [2.24, 2.45) is 5.92 Å². The number of hydrogen-bond acceptors (Lipinski definition) is 6. The maximum Gasteiger partial charge on any atom is 0.324 e. The van der Waals surface area contributed by atoms with E-state index in [0.29, 0.717) is 0 Å². The van der Waals surface area contributed by atoms with E-state index in [0.717, 1.165) is 24.3 Å². The molecule has 0 radical (unpaired) electrons. The Morgan fingerprint density at radius 3 is 2.27 bits per heavy atom. The largest absolute Gasteiger partial charge is 0.465 e. The molecular weight excluding hydrogens is 312 g/mol. The number of carbonyl (C=O) groups excluding carboxylic acids is 1. The summed E-state index contributed by atoms with van der Waals surface area (Å²) in [5.74, 6) is -0.977. The fourth-order valence-electron chi connectivity index (χ4n) is 1.67. The summed E-state index contributed by atoms with van der Waals surface area (Å²) in [6.07, 6.45) is 0. The molecule has 0 amide bonds. The van der Waals surface area contributed by atoms with Gasteiger partial charge in [0.2, 0.25) is 10.0 Å². The second-order valence-corrected chi connectivity index (χ2v) is 6.56. The van der Waals surface area contributed by atoms with Gasteiger partial charge in [-0.25, -0.2) is 8.42 Å². The van der Waals surface area contributed by atoms with Gasteiger partial charge in [-0.05, 0) is 25.0 Å². The minimum absolute atomic E-state index is 0.140. The summed E-state index contributed by atoms with van der Waals surface area (Å²) in [7, 11) is -3.98. The van der Waals surface area contributed by atoms with E-state index in [1.54, 1.807) is 20.8 Å². The van der Waals surface area contributed by atoms with Crippen molar-refractivity contribution in [2.45, 2.75) is 31.7 Å². The van der Waals surface area contributed by atoms with Crippen molar-refractivity contribution in [2.75, 3.05) is 6.61 Å². The molecular formula is C13H18N2O6S. The number of ether oxygens (including phenoxy) is 1. The van der Waals surface area contributed by atoms with Crippen LogP contribution < -0.4 is 4.72 Å². The number of sulfonamides is 1. The molecule has 9 heteroatoms. The highest BCUT2D eigenvalue weighted by atomic mass is 32.2. The molecule has 8 nitrogen and oxygen atoms in total. The van der Waals surface area contributed by atoms with Gasteiger partial charge >= 0.3 is 5.97 Å². The maximum atomic E-state index is 12.2. The number of nitro groups is 1. The smallest absolute Gasteiger partial charge is 0.324 e. The second-order valence-electron chi connectivity index (χ2n) is 4.85. The molecule has 1 aromatic carbocycles. The van der Waals surface area contributed by atoms with Gasteiger partial charge in [0.1, 0.15) is 6.04 Å². The number of nitrogens with one attached hydrogen (secondary N) is 1. The molecule has 1 aromatic rings. The first-order valence-electron chi connectivity index (χ1n) is 6.62. The van der Waals surface area contributed by atoms with Crippen LogP contribution in [0.3, 0.4) is 0 Å². The third-order valence-electron chi connectivity index (χ3n) is 2.85.